The molecule has 0 bridgehead atoms. The van der Waals surface area contributed by atoms with Crippen LogP contribution in [0.5, 0.6) is 0 Å². The first-order chi connectivity index (χ1) is 12.3. The van der Waals surface area contributed by atoms with Crippen molar-refractivity contribution >= 4 is 28.2 Å². The van der Waals surface area contributed by atoms with Crippen LogP contribution in [0.1, 0.15) is 45.9 Å². The summed E-state index contributed by atoms with van der Waals surface area (Å²) in [6.07, 6.45) is 1.84. The highest BCUT2D eigenvalue weighted by atomic mass is 32.1. The van der Waals surface area contributed by atoms with Gasteiger partial charge in [0, 0.05) is 22.9 Å². The number of nitrogens with one attached hydrogen (secondary N) is 2. The van der Waals surface area contributed by atoms with Crippen molar-refractivity contribution in [1.29, 1.82) is 0 Å². The average molecular weight is 374 g/mol. The van der Waals surface area contributed by atoms with Gasteiger partial charge in [0.1, 0.15) is 5.00 Å². The van der Waals surface area contributed by atoms with Crippen molar-refractivity contribution in [2.24, 2.45) is 5.92 Å². The number of amides is 2. The molecular formula is C18H22N4O3S. The number of rotatable bonds is 3. The molecule has 138 valence electrons. The summed E-state index contributed by atoms with van der Waals surface area (Å²) in [6.45, 7) is 8.21. The van der Waals surface area contributed by atoms with Crippen molar-refractivity contribution in [3.05, 3.63) is 43.9 Å². The molecule has 1 aliphatic rings. The zero-order chi connectivity index (χ0) is 19.0. The van der Waals surface area contributed by atoms with Crippen molar-refractivity contribution < 1.29 is 9.59 Å². The first-order valence-corrected chi connectivity index (χ1v) is 9.36. The van der Waals surface area contributed by atoms with Crippen molar-refractivity contribution in [2.45, 2.75) is 40.7 Å². The smallest absolute Gasteiger partial charge is 0.257 e. The summed E-state index contributed by atoms with van der Waals surface area (Å²) in [4.78, 5) is 46.6. The lowest BCUT2D eigenvalue weighted by Gasteiger charge is -2.28. The molecule has 8 heteroatoms. The maximum absolute atomic E-state index is 13.2. The number of carbonyl (C=O) groups excluding carboxylic acids is 2. The van der Waals surface area contributed by atoms with Crippen LogP contribution < -0.4 is 10.9 Å². The Hall–Kier alpha value is -2.48. The Labute approximate surface area is 155 Å². The van der Waals surface area contributed by atoms with E-state index < -0.39 is 0 Å². The van der Waals surface area contributed by atoms with Crippen LogP contribution >= 0.6 is 11.3 Å². The van der Waals surface area contributed by atoms with E-state index in [0.717, 1.165) is 10.4 Å². The van der Waals surface area contributed by atoms with Crippen molar-refractivity contribution in [2.75, 3.05) is 11.9 Å². The molecule has 0 saturated heterocycles. The first-order valence-electron chi connectivity index (χ1n) is 8.55. The van der Waals surface area contributed by atoms with Gasteiger partial charge < -0.3 is 15.2 Å². The van der Waals surface area contributed by atoms with E-state index in [1.807, 2.05) is 27.7 Å². The Morgan fingerprint density at radius 3 is 2.77 bits per heavy atom. The molecule has 2 aromatic heterocycles. The third-order valence-corrected chi connectivity index (χ3v) is 5.78. The molecule has 0 fully saturated rings. The van der Waals surface area contributed by atoms with Crippen LogP contribution in [0.3, 0.4) is 0 Å². The summed E-state index contributed by atoms with van der Waals surface area (Å²) < 4.78 is 0. The molecule has 7 nitrogen and oxygen atoms in total. The van der Waals surface area contributed by atoms with Crippen molar-refractivity contribution in [3.8, 4) is 0 Å². The maximum Gasteiger partial charge on any atom is 0.257 e. The normalized spacial score (nSPS) is 13.7. The molecule has 0 radical (unpaired) electrons. The van der Waals surface area contributed by atoms with Gasteiger partial charge >= 0.3 is 0 Å². The molecule has 0 aromatic carbocycles. The lowest BCUT2D eigenvalue weighted by Crippen LogP contribution is -2.39. The summed E-state index contributed by atoms with van der Waals surface area (Å²) >= 11 is 1.42. The second-order valence-corrected chi connectivity index (χ2v) is 7.99. The van der Waals surface area contributed by atoms with E-state index in [4.69, 9.17) is 0 Å². The van der Waals surface area contributed by atoms with Gasteiger partial charge in [-0.25, -0.2) is 4.98 Å². The van der Waals surface area contributed by atoms with E-state index in [0.29, 0.717) is 41.3 Å². The van der Waals surface area contributed by atoms with E-state index in [1.165, 1.54) is 17.7 Å². The van der Waals surface area contributed by atoms with Crippen LogP contribution in [-0.4, -0.2) is 33.2 Å². The van der Waals surface area contributed by atoms with Gasteiger partial charge in [0.25, 0.3) is 11.5 Å². The molecule has 0 saturated carbocycles. The quantitative estimate of drug-likeness (QED) is 0.861. The molecule has 2 aromatic rings. The van der Waals surface area contributed by atoms with Gasteiger partial charge in [0.15, 0.2) is 0 Å². The zero-order valence-electron chi connectivity index (χ0n) is 15.3. The fraction of sp³-hybridized carbons (Fsp3) is 0.444. The first kappa shape index (κ1) is 18.3. The van der Waals surface area contributed by atoms with E-state index in [1.54, 1.807) is 4.90 Å². The van der Waals surface area contributed by atoms with Crippen LogP contribution in [0.4, 0.5) is 5.00 Å². The van der Waals surface area contributed by atoms with E-state index >= 15 is 0 Å². The SMILES string of the molecule is Cc1sc(NC(=O)C(C)C)c(C(=O)N2CCc3c(nc[nH]c3=O)C2)c1C. The number of aromatic amines is 1. The summed E-state index contributed by atoms with van der Waals surface area (Å²) in [6, 6.07) is 0. The lowest BCUT2D eigenvalue weighted by atomic mass is 10.0. The van der Waals surface area contributed by atoms with Gasteiger partial charge in [-0.2, -0.15) is 0 Å². The number of hydrogen-bond acceptors (Lipinski definition) is 5. The Balaban J connectivity index is 1.91. The lowest BCUT2D eigenvalue weighted by molar-refractivity contribution is -0.118. The van der Waals surface area contributed by atoms with Crippen LogP contribution in [0.15, 0.2) is 11.1 Å². The highest BCUT2D eigenvalue weighted by Gasteiger charge is 2.29. The van der Waals surface area contributed by atoms with Crippen LogP contribution in [0.2, 0.25) is 0 Å². The second kappa shape index (κ2) is 7.03. The molecule has 1 aliphatic heterocycles. The molecule has 2 amide bonds. The second-order valence-electron chi connectivity index (χ2n) is 6.76. The monoisotopic (exact) mass is 374 g/mol. The third kappa shape index (κ3) is 3.29. The van der Waals surface area contributed by atoms with Gasteiger partial charge in [0.05, 0.1) is 24.1 Å². The molecule has 3 heterocycles. The third-order valence-electron chi connectivity index (χ3n) is 4.66. The van der Waals surface area contributed by atoms with Crippen molar-refractivity contribution in [3.63, 3.8) is 0 Å². The number of fused-ring (bicyclic) bond motifs is 1. The van der Waals surface area contributed by atoms with E-state index in [2.05, 4.69) is 15.3 Å². The minimum atomic E-state index is -0.168. The van der Waals surface area contributed by atoms with Crippen LogP contribution in [0.25, 0.3) is 0 Å². The average Bonchev–Trinajstić information content (AvgIpc) is 2.88. The van der Waals surface area contributed by atoms with E-state index in [9.17, 15) is 14.4 Å². The summed E-state index contributed by atoms with van der Waals surface area (Å²) in [7, 11) is 0. The van der Waals surface area contributed by atoms with Crippen molar-refractivity contribution in [1.82, 2.24) is 14.9 Å². The highest BCUT2D eigenvalue weighted by molar-refractivity contribution is 7.16. The largest absolute Gasteiger partial charge is 0.332 e. The Kier molecular flexibility index (Phi) is 4.95. The molecule has 0 spiro atoms. The number of thiophene rings is 1. The van der Waals surface area contributed by atoms with Gasteiger partial charge in [-0.15, -0.1) is 11.3 Å². The van der Waals surface area contributed by atoms with Gasteiger partial charge in [-0.05, 0) is 25.8 Å². The zero-order valence-corrected chi connectivity index (χ0v) is 16.1. The number of aryl methyl sites for hydroxylation is 1. The minimum Gasteiger partial charge on any atom is -0.332 e. The topological polar surface area (TPSA) is 95.2 Å². The molecule has 0 unspecified atom stereocenters. The molecule has 2 N–H and O–H groups in total. The number of nitrogens with zero attached hydrogens (tertiary/aromatic N) is 2. The van der Waals surface area contributed by atoms with Gasteiger partial charge in [0.2, 0.25) is 5.91 Å². The molecular weight excluding hydrogens is 352 g/mol. The molecule has 3 rings (SSSR count). The summed E-state index contributed by atoms with van der Waals surface area (Å²) in [5.41, 5.74) is 2.54. The molecule has 26 heavy (non-hydrogen) atoms. The number of aromatic nitrogens is 2. The van der Waals surface area contributed by atoms with Crippen LogP contribution in [0, 0.1) is 19.8 Å². The number of hydrogen-bond donors (Lipinski definition) is 2. The van der Waals surface area contributed by atoms with E-state index in [-0.39, 0.29) is 23.3 Å². The summed E-state index contributed by atoms with van der Waals surface area (Å²) in [5.74, 6) is -0.422. The number of carbonyl (C=O) groups is 2. The maximum atomic E-state index is 13.2. The predicted octanol–water partition coefficient (Wildman–Crippen LogP) is 2.24. The predicted molar refractivity (Wildman–Crippen MR) is 101 cm³/mol. The molecule has 0 atom stereocenters. The van der Waals surface area contributed by atoms with Crippen LogP contribution in [-0.2, 0) is 17.8 Å². The number of anilines is 1. The fourth-order valence-electron chi connectivity index (χ4n) is 2.93. The summed E-state index contributed by atoms with van der Waals surface area (Å²) in [5, 5.41) is 3.47. The Morgan fingerprint density at radius 2 is 2.08 bits per heavy atom. The van der Waals surface area contributed by atoms with Gasteiger partial charge in [-0.3, -0.25) is 14.4 Å². The Morgan fingerprint density at radius 1 is 1.35 bits per heavy atom. The number of H-pyrrole nitrogens is 1. The standard InChI is InChI=1S/C18H22N4O3S/c1-9(2)15(23)21-17-14(10(3)11(4)26-17)18(25)22-6-5-12-13(7-22)19-8-20-16(12)24/h8-9H,5-7H2,1-4H3,(H,21,23)(H,19,20,24). The minimum absolute atomic E-state index is 0.113. The fourth-order valence-corrected chi connectivity index (χ4v) is 3.98. The highest BCUT2D eigenvalue weighted by Crippen LogP contribution is 2.34. The Bertz CT molecular complexity index is 929. The van der Waals surface area contributed by atoms with Gasteiger partial charge in [-0.1, -0.05) is 13.8 Å². The molecule has 0 aliphatic carbocycles.